The van der Waals surface area contributed by atoms with Gasteiger partial charge in [-0.1, -0.05) is 0 Å². The van der Waals surface area contributed by atoms with Crippen molar-refractivity contribution in [3.8, 4) is 0 Å². The van der Waals surface area contributed by atoms with Crippen molar-refractivity contribution in [3.63, 3.8) is 0 Å². The van der Waals surface area contributed by atoms with Crippen LogP contribution in [0.5, 0.6) is 0 Å². The summed E-state index contributed by atoms with van der Waals surface area (Å²) in [6.45, 7) is 5.75. The van der Waals surface area contributed by atoms with Gasteiger partial charge in [-0.3, -0.25) is 14.7 Å². The number of rotatable bonds is 7. The number of aryl methyl sites for hydroxylation is 1. The van der Waals surface area contributed by atoms with Gasteiger partial charge < -0.3 is 15.5 Å². The second-order valence-electron chi connectivity index (χ2n) is 6.66. The van der Waals surface area contributed by atoms with Gasteiger partial charge in [-0.05, 0) is 49.7 Å². The molecule has 0 aromatic carbocycles. The highest BCUT2D eigenvalue weighted by atomic mass is 32.1. The molecule has 2 heterocycles. The van der Waals surface area contributed by atoms with Gasteiger partial charge in [-0.2, -0.15) is 0 Å². The lowest BCUT2D eigenvalue weighted by Crippen LogP contribution is -2.44. The Morgan fingerprint density at radius 2 is 2.24 bits per heavy atom. The highest BCUT2D eigenvalue weighted by molar-refractivity contribution is 7.10. The van der Waals surface area contributed by atoms with Crippen molar-refractivity contribution < 1.29 is 4.79 Å². The fourth-order valence-corrected chi connectivity index (χ4v) is 3.98. The first-order valence-electron chi connectivity index (χ1n) is 8.95. The average Bonchev–Trinajstić information content (AvgIpc) is 3.22. The van der Waals surface area contributed by atoms with Crippen LogP contribution >= 0.6 is 11.3 Å². The maximum atomic E-state index is 12.2. The SMILES string of the molecule is CN=C(NCCCN1CCCC1C(=O)N(C)C)NCc1sccc1C. The summed E-state index contributed by atoms with van der Waals surface area (Å²) in [5, 5.41) is 8.84. The fourth-order valence-electron chi connectivity index (χ4n) is 3.13. The van der Waals surface area contributed by atoms with E-state index in [9.17, 15) is 4.79 Å². The summed E-state index contributed by atoms with van der Waals surface area (Å²) in [7, 11) is 5.47. The van der Waals surface area contributed by atoms with Crippen molar-refractivity contribution in [2.24, 2.45) is 4.99 Å². The van der Waals surface area contributed by atoms with E-state index < -0.39 is 0 Å². The topological polar surface area (TPSA) is 60.0 Å². The van der Waals surface area contributed by atoms with Gasteiger partial charge in [0, 0.05) is 39.1 Å². The van der Waals surface area contributed by atoms with Crippen LogP contribution in [0, 0.1) is 6.92 Å². The highest BCUT2D eigenvalue weighted by Gasteiger charge is 2.30. The van der Waals surface area contributed by atoms with E-state index in [1.165, 1.54) is 10.4 Å². The standard InChI is InChI=1S/C18H31N5OS/c1-14-8-12-25-16(14)13-21-18(19-2)20-9-6-11-23-10-5-7-15(23)17(24)22(3)4/h8,12,15H,5-7,9-11,13H2,1-4H3,(H2,19,20,21). The van der Waals surface area contributed by atoms with Crippen molar-refractivity contribution >= 4 is 23.2 Å². The molecule has 1 saturated heterocycles. The van der Waals surface area contributed by atoms with Gasteiger partial charge in [-0.25, -0.2) is 0 Å². The van der Waals surface area contributed by atoms with Crippen LogP contribution in [0.25, 0.3) is 0 Å². The van der Waals surface area contributed by atoms with Gasteiger partial charge in [0.25, 0.3) is 0 Å². The molecule has 1 aromatic rings. The Hall–Kier alpha value is -1.60. The number of likely N-dealkylation sites (tertiary alicyclic amines) is 1. The summed E-state index contributed by atoms with van der Waals surface area (Å²) in [6, 6.07) is 2.20. The Bertz CT molecular complexity index is 584. The molecule has 2 rings (SSSR count). The Morgan fingerprint density at radius 1 is 1.44 bits per heavy atom. The van der Waals surface area contributed by atoms with Gasteiger partial charge >= 0.3 is 0 Å². The Kier molecular flexibility index (Phi) is 7.71. The van der Waals surface area contributed by atoms with Gasteiger partial charge in [0.1, 0.15) is 0 Å². The zero-order valence-electron chi connectivity index (χ0n) is 15.8. The van der Waals surface area contributed by atoms with Gasteiger partial charge in [0.2, 0.25) is 5.91 Å². The summed E-state index contributed by atoms with van der Waals surface area (Å²) in [4.78, 5) is 21.8. The molecular weight excluding hydrogens is 334 g/mol. The number of thiophene rings is 1. The monoisotopic (exact) mass is 365 g/mol. The summed E-state index contributed by atoms with van der Waals surface area (Å²) in [5.41, 5.74) is 1.32. The van der Waals surface area contributed by atoms with E-state index in [4.69, 9.17) is 0 Å². The molecule has 0 radical (unpaired) electrons. The maximum Gasteiger partial charge on any atom is 0.239 e. The van der Waals surface area contributed by atoms with Crippen LogP contribution in [0.1, 0.15) is 29.7 Å². The van der Waals surface area contributed by atoms with Crippen LogP contribution in [0.4, 0.5) is 0 Å². The highest BCUT2D eigenvalue weighted by Crippen LogP contribution is 2.18. The number of likely N-dealkylation sites (N-methyl/N-ethyl adjacent to an activating group) is 1. The van der Waals surface area contributed by atoms with E-state index in [0.717, 1.165) is 51.4 Å². The third-order valence-corrected chi connectivity index (χ3v) is 5.64. The number of guanidine groups is 1. The molecule has 1 atom stereocenters. The first-order chi connectivity index (χ1) is 12.0. The lowest BCUT2D eigenvalue weighted by atomic mass is 10.2. The number of nitrogens with zero attached hydrogens (tertiary/aromatic N) is 3. The Morgan fingerprint density at radius 3 is 2.88 bits per heavy atom. The molecule has 1 unspecified atom stereocenters. The molecule has 25 heavy (non-hydrogen) atoms. The van der Waals surface area contributed by atoms with Crippen molar-refractivity contribution in [1.82, 2.24) is 20.4 Å². The van der Waals surface area contributed by atoms with Gasteiger partial charge in [0.15, 0.2) is 5.96 Å². The van der Waals surface area contributed by atoms with E-state index in [1.54, 1.807) is 23.3 Å². The number of carbonyl (C=O) groups is 1. The number of hydrogen-bond acceptors (Lipinski definition) is 4. The molecule has 1 amide bonds. The van der Waals surface area contributed by atoms with Crippen molar-refractivity contribution in [3.05, 3.63) is 21.9 Å². The molecule has 1 aliphatic heterocycles. The number of nitrogens with one attached hydrogen (secondary N) is 2. The number of amides is 1. The summed E-state index contributed by atoms with van der Waals surface area (Å²) in [6.07, 6.45) is 3.09. The molecule has 0 spiro atoms. The minimum atomic E-state index is 0.0641. The molecule has 1 fully saturated rings. The zero-order chi connectivity index (χ0) is 18.2. The van der Waals surface area contributed by atoms with Crippen LogP contribution in [-0.2, 0) is 11.3 Å². The fraction of sp³-hybridized carbons (Fsp3) is 0.667. The van der Waals surface area contributed by atoms with E-state index in [0.29, 0.717) is 0 Å². The molecule has 0 aliphatic carbocycles. The first kappa shape index (κ1) is 19.7. The minimum absolute atomic E-state index is 0.0641. The number of carbonyl (C=O) groups excluding carboxylic acids is 1. The van der Waals surface area contributed by atoms with Crippen LogP contribution in [0.3, 0.4) is 0 Å². The largest absolute Gasteiger partial charge is 0.356 e. The molecule has 2 N–H and O–H groups in total. The lowest BCUT2D eigenvalue weighted by Gasteiger charge is -2.26. The smallest absolute Gasteiger partial charge is 0.239 e. The van der Waals surface area contributed by atoms with Crippen molar-refractivity contribution in [1.29, 1.82) is 0 Å². The molecule has 140 valence electrons. The molecule has 0 bridgehead atoms. The maximum absolute atomic E-state index is 12.2. The summed E-state index contributed by atoms with van der Waals surface area (Å²) in [5.74, 6) is 1.06. The van der Waals surface area contributed by atoms with Crippen molar-refractivity contribution in [2.45, 2.75) is 38.8 Å². The average molecular weight is 366 g/mol. The van der Waals surface area contributed by atoms with Crippen LogP contribution < -0.4 is 10.6 Å². The van der Waals surface area contributed by atoms with Crippen LogP contribution in [0.15, 0.2) is 16.4 Å². The normalized spacial score (nSPS) is 18.4. The summed E-state index contributed by atoms with van der Waals surface area (Å²) >= 11 is 1.76. The van der Waals surface area contributed by atoms with E-state index in [2.05, 4.69) is 38.9 Å². The van der Waals surface area contributed by atoms with E-state index in [1.807, 2.05) is 14.1 Å². The molecule has 6 nitrogen and oxygen atoms in total. The predicted octanol–water partition coefficient (Wildman–Crippen LogP) is 1.66. The second-order valence-corrected chi connectivity index (χ2v) is 7.66. The number of aliphatic imine (C=N–C) groups is 1. The molecule has 0 saturated carbocycles. The Labute approximate surface area is 155 Å². The molecule has 1 aromatic heterocycles. The van der Waals surface area contributed by atoms with E-state index in [-0.39, 0.29) is 11.9 Å². The quantitative estimate of drug-likeness (QED) is 0.438. The zero-order valence-corrected chi connectivity index (χ0v) is 16.7. The summed E-state index contributed by atoms with van der Waals surface area (Å²) < 4.78 is 0. The van der Waals surface area contributed by atoms with Gasteiger partial charge in [0.05, 0.1) is 12.6 Å². The van der Waals surface area contributed by atoms with Crippen LogP contribution in [0.2, 0.25) is 0 Å². The number of hydrogen-bond donors (Lipinski definition) is 2. The van der Waals surface area contributed by atoms with E-state index >= 15 is 0 Å². The molecule has 1 aliphatic rings. The third kappa shape index (κ3) is 5.71. The predicted molar refractivity (Wildman–Crippen MR) is 105 cm³/mol. The van der Waals surface area contributed by atoms with Gasteiger partial charge in [-0.15, -0.1) is 11.3 Å². The van der Waals surface area contributed by atoms with Crippen LogP contribution in [-0.4, -0.2) is 68.5 Å². The first-order valence-corrected chi connectivity index (χ1v) is 9.83. The van der Waals surface area contributed by atoms with Crippen molar-refractivity contribution in [2.75, 3.05) is 40.8 Å². The third-order valence-electron chi connectivity index (χ3n) is 4.61. The minimum Gasteiger partial charge on any atom is -0.356 e. The lowest BCUT2D eigenvalue weighted by molar-refractivity contribution is -0.133. The Balaban J connectivity index is 1.69. The molecule has 7 heteroatoms. The molecular formula is C18H31N5OS. The second kappa shape index (κ2) is 9.77.